The monoisotopic (exact) mass is 807 g/mol. The Kier molecular flexibility index (Phi) is 8.79. The maximum atomic E-state index is 6.59. The van der Waals surface area contributed by atoms with Crippen molar-refractivity contribution in [2.75, 3.05) is 4.90 Å². The van der Waals surface area contributed by atoms with E-state index in [0.717, 1.165) is 102 Å². The fraction of sp³-hybridized carbons (Fsp3) is 0.0333. The van der Waals surface area contributed by atoms with Crippen LogP contribution in [0.3, 0.4) is 0 Å². The van der Waals surface area contributed by atoms with Gasteiger partial charge in [0.2, 0.25) is 0 Å². The molecule has 0 unspecified atom stereocenters. The van der Waals surface area contributed by atoms with Crippen LogP contribution in [0.4, 0.5) is 17.1 Å². The van der Waals surface area contributed by atoms with Crippen LogP contribution >= 0.6 is 0 Å². The third-order valence-corrected chi connectivity index (χ3v) is 12.7. The Morgan fingerprint density at radius 1 is 0.492 bits per heavy atom. The van der Waals surface area contributed by atoms with E-state index < -0.39 is 0 Å². The van der Waals surface area contributed by atoms with Crippen LogP contribution < -0.4 is 4.90 Å². The first-order chi connectivity index (χ1) is 31.2. The lowest BCUT2D eigenvalue weighted by molar-refractivity contribution is 0.591. The van der Waals surface area contributed by atoms with Crippen LogP contribution in [-0.4, -0.2) is 0 Å². The number of allylic oxidation sites excluding steroid dienone is 3. The molecule has 298 valence electrons. The van der Waals surface area contributed by atoms with Crippen molar-refractivity contribution in [3.63, 3.8) is 0 Å². The Morgan fingerprint density at radius 2 is 1.13 bits per heavy atom. The number of para-hydroxylation sites is 2. The van der Waals surface area contributed by atoms with Crippen molar-refractivity contribution >= 4 is 83.2 Å². The normalized spacial score (nSPS) is 12.7. The second kappa shape index (κ2) is 15.1. The molecule has 0 atom stereocenters. The number of aryl methyl sites for hydroxylation is 1. The summed E-state index contributed by atoms with van der Waals surface area (Å²) < 4.78 is 13.1. The maximum absolute atomic E-state index is 6.59. The van der Waals surface area contributed by atoms with Gasteiger partial charge in [0, 0.05) is 44.2 Å². The Morgan fingerprint density at radius 3 is 1.90 bits per heavy atom. The molecule has 0 bridgehead atoms. The van der Waals surface area contributed by atoms with Gasteiger partial charge in [-0.25, -0.2) is 0 Å². The zero-order valence-corrected chi connectivity index (χ0v) is 34.6. The lowest BCUT2D eigenvalue weighted by Crippen LogP contribution is -2.11. The second-order valence-corrected chi connectivity index (χ2v) is 16.4. The van der Waals surface area contributed by atoms with Gasteiger partial charge in [0.05, 0.1) is 5.69 Å². The molecule has 12 rings (SSSR count). The van der Waals surface area contributed by atoms with Crippen molar-refractivity contribution in [1.29, 1.82) is 0 Å². The molecule has 0 aliphatic heterocycles. The maximum Gasteiger partial charge on any atom is 0.138 e. The van der Waals surface area contributed by atoms with Gasteiger partial charge in [0.1, 0.15) is 22.5 Å². The molecule has 3 heteroatoms. The minimum atomic E-state index is 0.871. The number of furan rings is 2. The van der Waals surface area contributed by atoms with Crippen LogP contribution in [0.2, 0.25) is 0 Å². The molecular formula is C60H41NO2. The van der Waals surface area contributed by atoms with Gasteiger partial charge in [0.15, 0.2) is 0 Å². The predicted molar refractivity (Wildman–Crippen MR) is 265 cm³/mol. The number of anilines is 3. The first-order valence-electron chi connectivity index (χ1n) is 21.7. The molecule has 1 aliphatic rings. The van der Waals surface area contributed by atoms with Gasteiger partial charge in [0.25, 0.3) is 0 Å². The number of hydrogen-bond donors (Lipinski definition) is 0. The lowest BCUT2D eigenvalue weighted by Gasteiger charge is -2.28. The average Bonchev–Trinajstić information content (AvgIpc) is 3.91. The van der Waals surface area contributed by atoms with Gasteiger partial charge in [-0.15, -0.1) is 0 Å². The van der Waals surface area contributed by atoms with Crippen LogP contribution in [0, 0.1) is 0 Å². The Labute approximate surface area is 365 Å². The summed E-state index contributed by atoms with van der Waals surface area (Å²) in [5.41, 5.74) is 15.2. The van der Waals surface area contributed by atoms with E-state index in [1.54, 1.807) is 0 Å². The summed E-state index contributed by atoms with van der Waals surface area (Å²) in [4.78, 5) is 2.39. The van der Waals surface area contributed by atoms with E-state index in [4.69, 9.17) is 8.83 Å². The van der Waals surface area contributed by atoms with E-state index in [9.17, 15) is 0 Å². The predicted octanol–water partition coefficient (Wildman–Crippen LogP) is 17.0. The second-order valence-electron chi connectivity index (χ2n) is 16.4. The number of benzene rings is 9. The summed E-state index contributed by atoms with van der Waals surface area (Å²) in [5.74, 6) is 0.984. The number of hydrogen-bond acceptors (Lipinski definition) is 3. The zero-order chi connectivity index (χ0) is 41.9. The molecule has 63 heavy (non-hydrogen) atoms. The summed E-state index contributed by atoms with van der Waals surface area (Å²) in [6.07, 6.45) is 10.3. The molecule has 0 saturated carbocycles. The highest BCUT2D eigenvalue weighted by atomic mass is 16.3. The molecule has 2 aromatic heterocycles. The summed E-state index contributed by atoms with van der Waals surface area (Å²) in [6.45, 7) is 3.94. The van der Waals surface area contributed by atoms with Crippen LogP contribution in [0.5, 0.6) is 0 Å². The average molecular weight is 808 g/mol. The molecule has 9 aromatic carbocycles. The lowest BCUT2D eigenvalue weighted by atomic mass is 9.91. The third kappa shape index (κ3) is 6.28. The summed E-state index contributed by atoms with van der Waals surface area (Å²) in [6, 6.07) is 67.6. The molecule has 0 N–H and O–H groups in total. The highest BCUT2D eigenvalue weighted by Crippen LogP contribution is 2.46. The zero-order valence-electron chi connectivity index (χ0n) is 34.6. The highest BCUT2D eigenvalue weighted by molar-refractivity contribution is 6.16. The van der Waals surface area contributed by atoms with Crippen LogP contribution in [0.1, 0.15) is 28.9 Å². The highest BCUT2D eigenvalue weighted by Gasteiger charge is 2.24. The molecule has 0 radical (unpaired) electrons. The van der Waals surface area contributed by atoms with Crippen LogP contribution in [0.15, 0.2) is 222 Å². The standard InChI is InChI=1S/C60H41NO2/c1-2-3-14-45-35-41-15-4-5-16-42(41)36-53(45)40-29-33-47(34-30-40)61(46-31-27-39(28-32-46)48-21-12-23-52-50-20-9-11-25-56(50)63-60(48)52)55-24-10-8-19-49(55)51-22-13-26-57-59(51)54-37-43-17-6-7-18-44(43)38-58(54)62-57/h2-11,13-22,24-38H,1,12,23H2/b14-3-. The van der Waals surface area contributed by atoms with Crippen molar-refractivity contribution in [2.24, 2.45) is 0 Å². The van der Waals surface area contributed by atoms with E-state index in [1.807, 2.05) is 18.2 Å². The van der Waals surface area contributed by atoms with Crippen LogP contribution in [-0.2, 0) is 6.42 Å². The number of rotatable bonds is 8. The third-order valence-electron chi connectivity index (χ3n) is 12.7. The smallest absolute Gasteiger partial charge is 0.138 e. The number of fused-ring (bicyclic) bond motifs is 8. The molecule has 0 amide bonds. The molecule has 1 aliphatic carbocycles. The Balaban J connectivity index is 1.02. The van der Waals surface area contributed by atoms with Gasteiger partial charge >= 0.3 is 0 Å². The van der Waals surface area contributed by atoms with E-state index in [1.165, 1.54) is 32.7 Å². The molecule has 0 spiro atoms. The van der Waals surface area contributed by atoms with E-state index in [2.05, 4.69) is 206 Å². The fourth-order valence-corrected chi connectivity index (χ4v) is 9.72. The van der Waals surface area contributed by atoms with Crippen molar-refractivity contribution in [3.8, 4) is 22.3 Å². The topological polar surface area (TPSA) is 29.5 Å². The Bertz CT molecular complexity index is 3640. The first kappa shape index (κ1) is 36.7. The van der Waals surface area contributed by atoms with Gasteiger partial charge in [-0.2, -0.15) is 0 Å². The van der Waals surface area contributed by atoms with Gasteiger partial charge < -0.3 is 13.7 Å². The summed E-state index contributed by atoms with van der Waals surface area (Å²) >= 11 is 0. The van der Waals surface area contributed by atoms with Crippen molar-refractivity contribution < 1.29 is 8.83 Å². The molecule has 11 aromatic rings. The molecular weight excluding hydrogens is 767 g/mol. The van der Waals surface area contributed by atoms with Gasteiger partial charge in [-0.1, -0.05) is 152 Å². The fourth-order valence-electron chi connectivity index (χ4n) is 9.72. The first-order valence-corrected chi connectivity index (χ1v) is 21.7. The van der Waals surface area contributed by atoms with Gasteiger partial charge in [-0.05, 0) is 129 Å². The van der Waals surface area contributed by atoms with Crippen molar-refractivity contribution in [1.82, 2.24) is 0 Å². The summed E-state index contributed by atoms with van der Waals surface area (Å²) in [5, 5.41) is 8.20. The largest absolute Gasteiger partial charge is 0.456 e. The van der Waals surface area contributed by atoms with E-state index in [-0.39, 0.29) is 0 Å². The van der Waals surface area contributed by atoms with Crippen molar-refractivity contribution in [2.45, 2.75) is 12.8 Å². The van der Waals surface area contributed by atoms with Crippen LogP contribution in [0.25, 0.3) is 88.4 Å². The van der Waals surface area contributed by atoms with Gasteiger partial charge in [-0.3, -0.25) is 0 Å². The minimum Gasteiger partial charge on any atom is -0.456 e. The molecule has 0 saturated heterocycles. The quantitative estimate of drug-likeness (QED) is 0.143. The van der Waals surface area contributed by atoms with E-state index in [0.29, 0.717) is 0 Å². The number of nitrogens with zero attached hydrogens (tertiary/aromatic N) is 1. The molecule has 0 fully saturated rings. The molecule has 3 nitrogen and oxygen atoms in total. The Hall–Kier alpha value is -8.14. The summed E-state index contributed by atoms with van der Waals surface area (Å²) in [7, 11) is 0. The molecule has 2 heterocycles. The minimum absolute atomic E-state index is 0.871. The van der Waals surface area contributed by atoms with E-state index >= 15 is 0 Å². The van der Waals surface area contributed by atoms with Crippen molar-refractivity contribution in [3.05, 3.63) is 235 Å². The SMILES string of the molecule is C=C/C=C\c1cc2ccccc2cc1-c1ccc(N(c2ccc(C3=CCCc4c3oc3ccccc43)cc2)c2ccccc2-c2cccc3oc4cc5ccccc5cc4c23)cc1.